The number of hydrogen-bond acceptors (Lipinski definition) is 2. The van der Waals surface area contributed by atoms with Crippen molar-refractivity contribution in [3.63, 3.8) is 0 Å². The fourth-order valence-electron chi connectivity index (χ4n) is 0.930. The predicted molar refractivity (Wildman–Crippen MR) is 28.5 cm³/mol. The minimum Gasteiger partial charge on any atom is -0.446 e. The predicted octanol–water partition coefficient (Wildman–Crippen LogP) is 1.18. The Morgan fingerprint density at radius 3 is 2.50 bits per heavy atom. The summed E-state index contributed by atoms with van der Waals surface area (Å²) in [4.78, 5) is 9.59. The third-order valence-electron chi connectivity index (χ3n) is 1.35. The van der Waals surface area contributed by atoms with E-state index in [9.17, 15) is 4.79 Å². The molecule has 1 aliphatic rings. The van der Waals surface area contributed by atoms with E-state index in [2.05, 4.69) is 4.74 Å². The molecule has 1 aliphatic carbocycles. The van der Waals surface area contributed by atoms with Crippen LogP contribution in [0.5, 0.6) is 0 Å². The zero-order valence-electron chi connectivity index (χ0n) is 4.64. The van der Waals surface area contributed by atoms with Crippen LogP contribution >= 0.6 is 0 Å². The van der Waals surface area contributed by atoms with Crippen molar-refractivity contribution in [1.82, 2.24) is 0 Å². The normalized spacial score (nSPS) is 21.0. The van der Waals surface area contributed by atoms with E-state index in [1.807, 2.05) is 0 Å². The van der Waals surface area contributed by atoms with Crippen LogP contribution in [0.4, 0.5) is 0 Å². The highest BCUT2D eigenvalue weighted by Crippen LogP contribution is 2.26. The van der Waals surface area contributed by atoms with Crippen LogP contribution in [0, 0.1) is 6.10 Å². The molecule has 2 nitrogen and oxygen atoms in total. The van der Waals surface area contributed by atoms with Crippen molar-refractivity contribution in [2.24, 2.45) is 0 Å². The molecule has 0 aromatic rings. The van der Waals surface area contributed by atoms with Crippen LogP contribution in [0.25, 0.3) is 0 Å². The minimum atomic E-state index is 0.903. The van der Waals surface area contributed by atoms with Crippen molar-refractivity contribution in [2.45, 2.75) is 25.7 Å². The third kappa shape index (κ3) is 1.22. The van der Waals surface area contributed by atoms with Gasteiger partial charge in [0, 0.05) is 0 Å². The fraction of sp³-hybridized carbons (Fsp3) is 0.667. The van der Waals surface area contributed by atoms with Gasteiger partial charge in [-0.25, -0.2) is 4.79 Å². The quantitative estimate of drug-likeness (QED) is 0.536. The first kappa shape index (κ1) is 5.60. The molecule has 0 atom stereocenters. The lowest BCUT2D eigenvalue weighted by molar-refractivity contribution is 0.280. The highest BCUT2D eigenvalue weighted by molar-refractivity contribution is 5.40. The third-order valence-corrected chi connectivity index (χ3v) is 1.35. The topological polar surface area (TPSA) is 26.3 Å². The van der Waals surface area contributed by atoms with Crippen molar-refractivity contribution in [1.29, 1.82) is 0 Å². The molecule has 0 amide bonds. The first-order chi connectivity index (χ1) is 3.93. The molecule has 0 aromatic carbocycles. The second kappa shape index (κ2) is 2.70. The molecular formula is C6H8O2. The van der Waals surface area contributed by atoms with Crippen LogP contribution in [0.3, 0.4) is 0 Å². The summed E-state index contributed by atoms with van der Waals surface area (Å²) in [5.41, 5.74) is 0. The maximum absolute atomic E-state index is 9.59. The summed E-state index contributed by atoms with van der Waals surface area (Å²) in [5.74, 6) is 0. The van der Waals surface area contributed by atoms with Gasteiger partial charge in [0.2, 0.25) is 0 Å². The van der Waals surface area contributed by atoms with Gasteiger partial charge in [-0.3, -0.25) is 0 Å². The Kier molecular flexibility index (Phi) is 1.89. The van der Waals surface area contributed by atoms with Gasteiger partial charge in [-0.15, -0.1) is 0 Å². The van der Waals surface area contributed by atoms with Gasteiger partial charge >= 0.3 is 6.47 Å². The summed E-state index contributed by atoms with van der Waals surface area (Å²) in [6.45, 7) is 1.42. The van der Waals surface area contributed by atoms with Crippen molar-refractivity contribution in [3.05, 3.63) is 6.10 Å². The monoisotopic (exact) mass is 112 g/mol. The standard InChI is InChI=1S/C6H8O2/c7-5-8-6-3-1-2-4-6/h1-4H2. The van der Waals surface area contributed by atoms with E-state index in [0.29, 0.717) is 0 Å². The van der Waals surface area contributed by atoms with E-state index >= 15 is 0 Å². The Morgan fingerprint density at radius 2 is 2.00 bits per heavy atom. The Bertz CT molecular complexity index is 74.6. The van der Waals surface area contributed by atoms with Crippen molar-refractivity contribution in [2.75, 3.05) is 0 Å². The molecule has 0 saturated heterocycles. The zero-order valence-corrected chi connectivity index (χ0v) is 4.64. The van der Waals surface area contributed by atoms with Gasteiger partial charge in [-0.05, 0) is 25.7 Å². The second-order valence-corrected chi connectivity index (χ2v) is 1.93. The number of carbonyl (C=O) groups excluding carboxylic acids is 1. The first-order valence-corrected chi connectivity index (χ1v) is 2.82. The maximum atomic E-state index is 9.59. The van der Waals surface area contributed by atoms with Crippen molar-refractivity contribution in [3.8, 4) is 0 Å². The molecule has 1 fully saturated rings. The van der Waals surface area contributed by atoms with Crippen LogP contribution in [0.15, 0.2) is 0 Å². The molecule has 8 heavy (non-hydrogen) atoms. The van der Waals surface area contributed by atoms with Gasteiger partial charge in [0.25, 0.3) is 0 Å². The Balaban J connectivity index is 2.14. The van der Waals surface area contributed by atoms with Gasteiger partial charge in [0.05, 0.1) is 0 Å². The lowest BCUT2D eigenvalue weighted by Gasteiger charge is -1.99. The van der Waals surface area contributed by atoms with Crippen LogP contribution in [0.2, 0.25) is 0 Å². The van der Waals surface area contributed by atoms with E-state index in [0.717, 1.165) is 31.8 Å². The van der Waals surface area contributed by atoms with E-state index in [1.54, 1.807) is 0 Å². The van der Waals surface area contributed by atoms with Gasteiger partial charge < -0.3 is 4.74 Å². The molecule has 1 rings (SSSR count). The van der Waals surface area contributed by atoms with Crippen LogP contribution in [-0.4, -0.2) is 6.47 Å². The van der Waals surface area contributed by atoms with Gasteiger partial charge in [-0.2, -0.15) is 0 Å². The van der Waals surface area contributed by atoms with Gasteiger partial charge in [0.15, 0.2) is 6.10 Å². The summed E-state index contributed by atoms with van der Waals surface area (Å²) in [6.07, 6.45) is 5.14. The highest BCUT2D eigenvalue weighted by atomic mass is 16.5. The smallest absolute Gasteiger partial charge is 0.418 e. The Morgan fingerprint density at radius 1 is 1.38 bits per heavy atom. The van der Waals surface area contributed by atoms with Gasteiger partial charge in [0.1, 0.15) is 0 Å². The average molecular weight is 112 g/mol. The number of ether oxygens (including phenoxy) is 1. The number of rotatable bonds is 2. The summed E-state index contributed by atoms with van der Waals surface area (Å²) >= 11 is 0. The Hall–Kier alpha value is -0.530. The molecule has 0 unspecified atom stereocenters. The maximum Gasteiger partial charge on any atom is 0.418 e. The van der Waals surface area contributed by atoms with Gasteiger partial charge in [-0.1, -0.05) is 0 Å². The van der Waals surface area contributed by atoms with E-state index in [4.69, 9.17) is 0 Å². The van der Waals surface area contributed by atoms with Crippen molar-refractivity contribution >= 4 is 6.47 Å². The Labute approximate surface area is 48.8 Å². The summed E-state index contributed by atoms with van der Waals surface area (Å²) in [6, 6.07) is 0. The molecule has 0 N–H and O–H groups in total. The first-order valence-electron chi connectivity index (χ1n) is 2.82. The molecule has 2 radical (unpaired) electrons. The lowest BCUT2D eigenvalue weighted by Crippen LogP contribution is -1.93. The van der Waals surface area contributed by atoms with Crippen LogP contribution in [-0.2, 0) is 9.53 Å². The average Bonchev–Trinajstić information content (AvgIpc) is 2.19. The summed E-state index contributed by atoms with van der Waals surface area (Å²) in [7, 11) is 0. The SMILES string of the molecule is O=[C]O[C]1CCCC1. The second-order valence-electron chi connectivity index (χ2n) is 1.93. The zero-order chi connectivity index (χ0) is 5.82. The van der Waals surface area contributed by atoms with Crippen molar-refractivity contribution < 1.29 is 9.53 Å². The molecule has 0 aliphatic heterocycles. The van der Waals surface area contributed by atoms with Crippen LogP contribution in [0.1, 0.15) is 25.7 Å². The van der Waals surface area contributed by atoms with Crippen LogP contribution < -0.4 is 0 Å². The molecule has 44 valence electrons. The highest BCUT2D eigenvalue weighted by Gasteiger charge is 2.16. The largest absolute Gasteiger partial charge is 0.446 e. The molecule has 0 heterocycles. The molecule has 1 saturated carbocycles. The van der Waals surface area contributed by atoms with E-state index in [-0.39, 0.29) is 0 Å². The van der Waals surface area contributed by atoms with E-state index in [1.165, 1.54) is 6.47 Å². The molecule has 0 spiro atoms. The molecular weight excluding hydrogens is 104 g/mol. The molecule has 0 aromatic heterocycles. The molecule has 0 bridgehead atoms. The summed E-state index contributed by atoms with van der Waals surface area (Å²) in [5, 5.41) is 0. The fourth-order valence-corrected chi connectivity index (χ4v) is 0.930. The number of hydrogen-bond donors (Lipinski definition) is 0. The molecule has 2 heteroatoms. The lowest BCUT2D eigenvalue weighted by atomic mass is 10.3. The minimum absolute atomic E-state index is 0.903. The summed E-state index contributed by atoms with van der Waals surface area (Å²) < 4.78 is 4.51. The van der Waals surface area contributed by atoms with E-state index < -0.39 is 0 Å².